The minimum absolute atomic E-state index is 0.0195. The molecule has 5 heteroatoms. The van der Waals surface area contributed by atoms with E-state index in [0.29, 0.717) is 0 Å². The summed E-state index contributed by atoms with van der Waals surface area (Å²) in [6.07, 6.45) is 1.72. The third kappa shape index (κ3) is 3.69. The Balaban J connectivity index is 1.59. The SMILES string of the molecule is C[C@H]1[C@@H](c2ccccc2)N(C2C=C([Si](C)(C)C)[C@H](c3cccc4ccccc34)O2)C(=O)N1C. The first-order chi connectivity index (χ1) is 15.8. The van der Waals surface area contributed by atoms with Crippen LogP contribution in [0.2, 0.25) is 19.6 Å². The van der Waals surface area contributed by atoms with Gasteiger partial charge in [0, 0.05) is 7.05 Å². The van der Waals surface area contributed by atoms with Crippen molar-refractivity contribution in [3.05, 3.63) is 95.2 Å². The molecule has 2 heterocycles. The number of hydrogen-bond acceptors (Lipinski definition) is 2. The number of likely N-dealkylation sites (N-methyl/N-ethyl adjacent to an activating group) is 1. The molecule has 0 aliphatic carbocycles. The summed E-state index contributed by atoms with van der Waals surface area (Å²) in [5.74, 6) is 0. The number of urea groups is 1. The van der Waals surface area contributed by atoms with Crippen LogP contribution in [0.4, 0.5) is 4.79 Å². The van der Waals surface area contributed by atoms with E-state index in [1.54, 1.807) is 0 Å². The van der Waals surface area contributed by atoms with E-state index in [2.05, 4.69) is 87.2 Å². The van der Waals surface area contributed by atoms with E-state index >= 15 is 0 Å². The molecule has 0 saturated carbocycles. The molecular formula is C28H32N2O2Si. The van der Waals surface area contributed by atoms with Gasteiger partial charge in [0.15, 0.2) is 6.23 Å². The molecule has 2 amide bonds. The maximum absolute atomic E-state index is 13.5. The molecule has 5 rings (SSSR count). The normalized spacial score (nSPS) is 25.7. The zero-order chi connectivity index (χ0) is 23.3. The third-order valence-electron chi connectivity index (χ3n) is 7.16. The first-order valence-corrected chi connectivity index (χ1v) is 15.2. The highest BCUT2D eigenvalue weighted by molar-refractivity contribution is 6.83. The number of benzene rings is 3. The summed E-state index contributed by atoms with van der Waals surface area (Å²) in [4.78, 5) is 17.2. The molecule has 1 fully saturated rings. The van der Waals surface area contributed by atoms with Gasteiger partial charge in [-0.15, -0.1) is 0 Å². The molecule has 2 aliphatic heterocycles. The molecule has 33 heavy (non-hydrogen) atoms. The number of carbonyl (C=O) groups excluding carboxylic acids is 1. The zero-order valence-corrected chi connectivity index (χ0v) is 21.0. The molecule has 0 radical (unpaired) electrons. The molecule has 0 N–H and O–H groups in total. The van der Waals surface area contributed by atoms with Crippen LogP contribution in [-0.2, 0) is 4.74 Å². The molecule has 170 valence electrons. The van der Waals surface area contributed by atoms with Crippen LogP contribution in [0.5, 0.6) is 0 Å². The Morgan fingerprint density at radius 3 is 2.27 bits per heavy atom. The Bertz CT molecular complexity index is 1210. The summed E-state index contributed by atoms with van der Waals surface area (Å²) in [5.41, 5.74) is 2.33. The number of hydrogen-bond donors (Lipinski definition) is 0. The molecule has 4 nitrogen and oxygen atoms in total. The Labute approximate surface area is 197 Å². The fourth-order valence-corrected chi connectivity index (χ4v) is 6.93. The van der Waals surface area contributed by atoms with Crippen molar-refractivity contribution in [1.29, 1.82) is 0 Å². The summed E-state index contributed by atoms with van der Waals surface area (Å²) in [7, 11) is 0.169. The fourth-order valence-electron chi connectivity index (χ4n) is 5.28. The van der Waals surface area contributed by atoms with E-state index in [9.17, 15) is 4.79 Å². The molecular weight excluding hydrogens is 424 g/mol. The van der Waals surface area contributed by atoms with E-state index < -0.39 is 8.07 Å². The number of ether oxygens (including phenoxy) is 1. The van der Waals surface area contributed by atoms with Crippen molar-refractivity contribution < 1.29 is 9.53 Å². The Kier molecular flexibility index (Phi) is 5.42. The van der Waals surface area contributed by atoms with Gasteiger partial charge in [0.2, 0.25) is 0 Å². The molecule has 2 aliphatic rings. The lowest BCUT2D eigenvalue weighted by molar-refractivity contribution is -0.0297. The van der Waals surface area contributed by atoms with Gasteiger partial charge in [-0.05, 0) is 40.1 Å². The highest BCUT2D eigenvalue weighted by Crippen LogP contribution is 2.45. The number of carbonyl (C=O) groups is 1. The van der Waals surface area contributed by atoms with Gasteiger partial charge in [-0.1, -0.05) is 92.4 Å². The number of nitrogens with zero attached hydrogens (tertiary/aromatic N) is 2. The van der Waals surface area contributed by atoms with Crippen LogP contribution in [-0.4, -0.2) is 43.2 Å². The molecule has 0 bridgehead atoms. The maximum atomic E-state index is 13.5. The summed E-state index contributed by atoms with van der Waals surface area (Å²) in [6.45, 7) is 9.20. The van der Waals surface area contributed by atoms with Gasteiger partial charge in [-0.2, -0.15) is 0 Å². The average molecular weight is 457 g/mol. The van der Waals surface area contributed by atoms with Crippen LogP contribution in [0.1, 0.15) is 30.2 Å². The van der Waals surface area contributed by atoms with Crippen LogP contribution in [0, 0.1) is 0 Å². The second-order valence-electron chi connectivity index (χ2n) is 10.2. The van der Waals surface area contributed by atoms with Crippen LogP contribution >= 0.6 is 0 Å². The van der Waals surface area contributed by atoms with Crippen molar-refractivity contribution in [2.24, 2.45) is 0 Å². The smallest absolute Gasteiger partial charge is 0.322 e. The minimum Gasteiger partial charge on any atom is -0.343 e. The van der Waals surface area contributed by atoms with E-state index in [4.69, 9.17) is 4.74 Å². The summed E-state index contributed by atoms with van der Waals surface area (Å²) < 4.78 is 6.82. The standard InChI is InChI=1S/C28H32N2O2Si/c1-19-26(21-13-7-6-8-14-21)30(28(31)29(19)2)25-18-24(33(3,4)5)27(32-25)23-17-11-15-20-12-9-10-16-22(20)23/h6-19,25-27H,1-5H3/t19-,25?,26-,27-/m0/s1. The van der Waals surface area contributed by atoms with Gasteiger partial charge in [0.05, 0.1) is 20.2 Å². The zero-order valence-electron chi connectivity index (χ0n) is 20.0. The molecule has 3 aromatic rings. The van der Waals surface area contributed by atoms with E-state index in [1.807, 2.05) is 35.0 Å². The first-order valence-electron chi connectivity index (χ1n) is 11.7. The van der Waals surface area contributed by atoms with Crippen molar-refractivity contribution in [2.75, 3.05) is 7.05 Å². The van der Waals surface area contributed by atoms with E-state index in [-0.39, 0.29) is 30.4 Å². The summed E-state index contributed by atoms with van der Waals surface area (Å²) in [6, 6.07) is 25.3. The molecule has 3 aromatic carbocycles. The average Bonchev–Trinajstić information content (AvgIpc) is 3.35. The Morgan fingerprint density at radius 1 is 0.879 bits per heavy atom. The van der Waals surface area contributed by atoms with Gasteiger partial charge in [-0.3, -0.25) is 4.90 Å². The lowest BCUT2D eigenvalue weighted by Gasteiger charge is -2.31. The van der Waals surface area contributed by atoms with Crippen LogP contribution in [0.25, 0.3) is 10.8 Å². The topological polar surface area (TPSA) is 32.8 Å². The summed E-state index contributed by atoms with van der Waals surface area (Å²) >= 11 is 0. The number of fused-ring (bicyclic) bond motifs is 1. The molecule has 0 aromatic heterocycles. The Morgan fingerprint density at radius 2 is 1.55 bits per heavy atom. The maximum Gasteiger partial charge on any atom is 0.322 e. The second kappa shape index (κ2) is 8.15. The predicted molar refractivity (Wildman–Crippen MR) is 137 cm³/mol. The van der Waals surface area contributed by atoms with E-state index in [1.165, 1.54) is 21.5 Å². The largest absolute Gasteiger partial charge is 0.343 e. The lowest BCUT2D eigenvalue weighted by Crippen LogP contribution is -2.39. The second-order valence-corrected chi connectivity index (χ2v) is 15.3. The van der Waals surface area contributed by atoms with Gasteiger partial charge in [-0.25, -0.2) is 4.79 Å². The van der Waals surface area contributed by atoms with E-state index in [0.717, 1.165) is 5.56 Å². The van der Waals surface area contributed by atoms with Crippen molar-refractivity contribution in [3.63, 3.8) is 0 Å². The molecule has 4 atom stereocenters. The van der Waals surface area contributed by atoms with Gasteiger partial charge < -0.3 is 9.64 Å². The predicted octanol–water partition coefficient (Wildman–Crippen LogP) is 6.54. The van der Waals surface area contributed by atoms with Crippen LogP contribution in [0.15, 0.2) is 84.1 Å². The van der Waals surface area contributed by atoms with Crippen molar-refractivity contribution >= 4 is 24.9 Å². The van der Waals surface area contributed by atoms with Crippen LogP contribution < -0.4 is 0 Å². The van der Waals surface area contributed by atoms with Crippen molar-refractivity contribution in [1.82, 2.24) is 9.80 Å². The van der Waals surface area contributed by atoms with Gasteiger partial charge in [0.25, 0.3) is 0 Å². The monoisotopic (exact) mass is 456 g/mol. The summed E-state index contributed by atoms with van der Waals surface area (Å²) in [5, 5.41) is 3.78. The van der Waals surface area contributed by atoms with Gasteiger partial charge in [0.1, 0.15) is 6.10 Å². The minimum atomic E-state index is -1.72. The molecule has 1 saturated heterocycles. The van der Waals surface area contributed by atoms with Crippen LogP contribution in [0.3, 0.4) is 0 Å². The third-order valence-corrected chi connectivity index (χ3v) is 9.32. The van der Waals surface area contributed by atoms with Crippen molar-refractivity contribution in [2.45, 2.75) is 51.0 Å². The number of amides is 2. The highest BCUT2D eigenvalue weighted by Gasteiger charge is 2.49. The first kappa shape index (κ1) is 21.9. The van der Waals surface area contributed by atoms with Gasteiger partial charge >= 0.3 is 6.03 Å². The van der Waals surface area contributed by atoms with Crippen molar-refractivity contribution in [3.8, 4) is 0 Å². The fraction of sp³-hybridized carbons (Fsp3) is 0.321. The molecule has 1 unspecified atom stereocenters. The highest BCUT2D eigenvalue weighted by atomic mass is 28.3. The number of rotatable bonds is 4. The quantitative estimate of drug-likeness (QED) is 0.418. The Hall–Kier alpha value is -2.89. The molecule has 0 spiro atoms. The lowest BCUT2D eigenvalue weighted by atomic mass is 10.00.